The average molecular weight is 437 g/mol. The number of halogens is 1. The summed E-state index contributed by atoms with van der Waals surface area (Å²) in [5.74, 6) is 0.308. The first-order valence-corrected chi connectivity index (χ1v) is 11.9. The maximum Gasteiger partial charge on any atom is 0.257 e. The molecule has 1 aliphatic rings. The predicted molar refractivity (Wildman–Crippen MR) is 118 cm³/mol. The summed E-state index contributed by atoms with van der Waals surface area (Å²) >= 11 is 9.51. The molecule has 2 heterocycles. The van der Waals surface area contributed by atoms with Gasteiger partial charge in [-0.2, -0.15) is 0 Å². The van der Waals surface area contributed by atoms with Crippen molar-refractivity contribution < 1.29 is 9.59 Å². The Balaban J connectivity index is 1.78. The SMILES string of the molecule is CCCCCCNC(=O)C1CSC(c2cccs2)N1C(=O)c1ccccc1Cl. The number of unbranched alkanes of at least 4 members (excludes halogenated alkanes) is 3. The van der Waals surface area contributed by atoms with E-state index in [0.29, 0.717) is 22.9 Å². The van der Waals surface area contributed by atoms with Gasteiger partial charge in [0, 0.05) is 17.2 Å². The summed E-state index contributed by atoms with van der Waals surface area (Å²) in [6.45, 7) is 2.81. The Bertz CT molecular complexity index is 797. The van der Waals surface area contributed by atoms with Crippen LogP contribution in [0.1, 0.15) is 53.2 Å². The summed E-state index contributed by atoms with van der Waals surface area (Å²) in [5.41, 5.74) is 0.439. The van der Waals surface area contributed by atoms with Gasteiger partial charge in [0.15, 0.2) is 0 Å². The third-order valence-corrected chi connectivity index (χ3v) is 7.47. The highest BCUT2D eigenvalue weighted by Crippen LogP contribution is 2.44. The summed E-state index contributed by atoms with van der Waals surface area (Å²) in [4.78, 5) is 29.0. The normalized spacial score (nSPS) is 19.0. The fourth-order valence-electron chi connectivity index (χ4n) is 3.26. The molecule has 2 unspecified atom stereocenters. The fraction of sp³-hybridized carbons (Fsp3) is 0.429. The summed E-state index contributed by atoms with van der Waals surface area (Å²) in [6, 6.07) is 10.5. The van der Waals surface area contributed by atoms with Crippen LogP contribution >= 0.6 is 34.7 Å². The number of hydrogen-bond donors (Lipinski definition) is 1. The molecule has 2 aromatic rings. The van der Waals surface area contributed by atoms with Crippen LogP contribution in [0.15, 0.2) is 41.8 Å². The molecule has 0 saturated carbocycles. The molecule has 1 aromatic carbocycles. The van der Waals surface area contributed by atoms with Crippen molar-refractivity contribution in [2.45, 2.75) is 44.0 Å². The standard InChI is InChI=1S/C21H25ClN2O2S2/c1-2-3-4-7-12-23-19(25)17-14-28-21(18-11-8-13-27-18)24(17)20(26)15-9-5-6-10-16(15)22/h5-6,8-11,13,17,21H,2-4,7,12,14H2,1H3,(H,23,25). The summed E-state index contributed by atoms with van der Waals surface area (Å²) in [6.07, 6.45) is 4.41. The molecule has 0 aliphatic carbocycles. The largest absolute Gasteiger partial charge is 0.354 e. The van der Waals surface area contributed by atoms with Crippen LogP contribution in [-0.4, -0.2) is 35.1 Å². The minimum Gasteiger partial charge on any atom is -0.354 e. The van der Waals surface area contributed by atoms with Crippen LogP contribution in [0.25, 0.3) is 0 Å². The molecule has 0 spiro atoms. The second-order valence-electron chi connectivity index (χ2n) is 6.76. The van der Waals surface area contributed by atoms with Crippen molar-refractivity contribution in [1.29, 1.82) is 0 Å². The highest BCUT2D eigenvalue weighted by Gasteiger charge is 2.43. The number of rotatable bonds is 8. The maximum absolute atomic E-state index is 13.4. The molecule has 1 fully saturated rings. The van der Waals surface area contributed by atoms with Crippen LogP contribution in [-0.2, 0) is 4.79 Å². The molecule has 2 atom stereocenters. The Hall–Kier alpha value is -1.50. The predicted octanol–water partition coefficient (Wildman–Crippen LogP) is 5.35. The quantitative estimate of drug-likeness (QED) is 0.567. The van der Waals surface area contributed by atoms with Crippen LogP contribution < -0.4 is 5.32 Å². The summed E-state index contributed by atoms with van der Waals surface area (Å²) < 4.78 is 0. The number of carbonyl (C=O) groups is 2. The van der Waals surface area contributed by atoms with E-state index < -0.39 is 6.04 Å². The van der Waals surface area contributed by atoms with Crippen molar-refractivity contribution >= 4 is 46.5 Å². The first kappa shape index (κ1) is 21.2. The second kappa shape index (κ2) is 10.3. The molecular formula is C21H25ClN2O2S2. The molecule has 1 saturated heterocycles. The Labute approximate surface area is 179 Å². The third-order valence-electron chi connectivity index (χ3n) is 4.76. The number of carbonyl (C=O) groups excluding carboxylic acids is 2. The number of nitrogens with zero attached hydrogens (tertiary/aromatic N) is 1. The Morgan fingerprint density at radius 1 is 1.18 bits per heavy atom. The number of benzene rings is 1. The minimum atomic E-state index is -0.493. The van der Waals surface area contributed by atoms with Crippen molar-refractivity contribution in [3.63, 3.8) is 0 Å². The second-order valence-corrected chi connectivity index (χ2v) is 9.26. The first-order chi connectivity index (χ1) is 13.6. The number of amides is 2. The molecule has 0 radical (unpaired) electrons. The van der Waals surface area contributed by atoms with Gasteiger partial charge in [-0.3, -0.25) is 9.59 Å². The zero-order chi connectivity index (χ0) is 19.9. The van der Waals surface area contributed by atoms with Crippen molar-refractivity contribution in [2.24, 2.45) is 0 Å². The number of thioether (sulfide) groups is 1. The third kappa shape index (κ3) is 4.91. The van der Waals surface area contributed by atoms with Crippen molar-refractivity contribution in [3.05, 3.63) is 57.2 Å². The van der Waals surface area contributed by atoms with E-state index in [2.05, 4.69) is 12.2 Å². The molecule has 4 nitrogen and oxygen atoms in total. The highest BCUT2D eigenvalue weighted by atomic mass is 35.5. The maximum atomic E-state index is 13.4. The molecule has 1 N–H and O–H groups in total. The monoisotopic (exact) mass is 436 g/mol. The molecule has 150 valence electrons. The van der Waals surface area contributed by atoms with Crippen molar-refractivity contribution in [1.82, 2.24) is 10.2 Å². The number of thiophene rings is 1. The van der Waals surface area contributed by atoms with Gasteiger partial charge in [-0.25, -0.2) is 0 Å². The van der Waals surface area contributed by atoms with Gasteiger partial charge in [0.05, 0.1) is 10.6 Å². The van der Waals surface area contributed by atoms with Gasteiger partial charge in [-0.05, 0) is 30.0 Å². The molecule has 2 amide bonds. The molecule has 1 aliphatic heterocycles. The Morgan fingerprint density at radius 3 is 2.71 bits per heavy atom. The zero-order valence-electron chi connectivity index (χ0n) is 15.9. The van der Waals surface area contributed by atoms with Crippen LogP contribution in [0.2, 0.25) is 5.02 Å². The lowest BCUT2D eigenvalue weighted by Crippen LogP contribution is -2.48. The summed E-state index contributed by atoms with van der Waals surface area (Å²) in [7, 11) is 0. The van der Waals surface area contributed by atoms with Gasteiger partial charge in [0.1, 0.15) is 11.4 Å². The Morgan fingerprint density at radius 2 is 2.00 bits per heavy atom. The van der Waals surface area contributed by atoms with E-state index in [9.17, 15) is 9.59 Å². The van der Waals surface area contributed by atoms with E-state index in [1.54, 1.807) is 52.3 Å². The molecule has 1 aromatic heterocycles. The van der Waals surface area contributed by atoms with E-state index in [4.69, 9.17) is 11.6 Å². The van der Waals surface area contributed by atoms with Gasteiger partial charge in [0.25, 0.3) is 5.91 Å². The van der Waals surface area contributed by atoms with Gasteiger partial charge in [-0.1, -0.05) is 56.0 Å². The molecule has 0 bridgehead atoms. The Kier molecular flexibility index (Phi) is 7.82. The molecule has 7 heteroatoms. The van der Waals surface area contributed by atoms with Crippen molar-refractivity contribution in [3.8, 4) is 0 Å². The molecule has 28 heavy (non-hydrogen) atoms. The van der Waals surface area contributed by atoms with Gasteiger partial charge < -0.3 is 10.2 Å². The minimum absolute atomic E-state index is 0.0801. The highest BCUT2D eigenvalue weighted by molar-refractivity contribution is 7.99. The smallest absolute Gasteiger partial charge is 0.257 e. The van der Waals surface area contributed by atoms with E-state index in [-0.39, 0.29) is 17.2 Å². The molecule has 3 rings (SSSR count). The van der Waals surface area contributed by atoms with Crippen LogP contribution in [0, 0.1) is 0 Å². The van der Waals surface area contributed by atoms with Gasteiger partial charge in [0.2, 0.25) is 5.91 Å². The van der Waals surface area contributed by atoms with Crippen LogP contribution in [0.4, 0.5) is 0 Å². The van der Waals surface area contributed by atoms with E-state index >= 15 is 0 Å². The van der Waals surface area contributed by atoms with Gasteiger partial charge >= 0.3 is 0 Å². The fourth-order valence-corrected chi connectivity index (χ4v) is 5.87. The average Bonchev–Trinajstić information content (AvgIpc) is 3.37. The number of nitrogens with one attached hydrogen (secondary N) is 1. The zero-order valence-corrected chi connectivity index (χ0v) is 18.3. The first-order valence-electron chi connectivity index (χ1n) is 9.63. The van der Waals surface area contributed by atoms with Crippen LogP contribution in [0.5, 0.6) is 0 Å². The van der Waals surface area contributed by atoms with E-state index in [1.165, 1.54) is 6.42 Å². The topological polar surface area (TPSA) is 49.4 Å². The lowest BCUT2D eigenvalue weighted by atomic mass is 10.1. The molecular weight excluding hydrogens is 412 g/mol. The number of hydrogen-bond acceptors (Lipinski definition) is 4. The van der Waals surface area contributed by atoms with Crippen LogP contribution in [0.3, 0.4) is 0 Å². The summed E-state index contributed by atoms with van der Waals surface area (Å²) in [5, 5.41) is 5.26. The lowest BCUT2D eigenvalue weighted by molar-refractivity contribution is -0.124. The van der Waals surface area contributed by atoms with Gasteiger partial charge in [-0.15, -0.1) is 23.1 Å². The van der Waals surface area contributed by atoms with E-state index in [0.717, 1.165) is 24.1 Å². The van der Waals surface area contributed by atoms with Crippen molar-refractivity contribution in [2.75, 3.05) is 12.3 Å². The lowest BCUT2D eigenvalue weighted by Gasteiger charge is -2.28. The van der Waals surface area contributed by atoms with E-state index in [1.807, 2.05) is 17.5 Å².